The van der Waals surface area contributed by atoms with E-state index >= 15 is 4.39 Å². The average molecular weight is 583 g/mol. The number of hydrogen-bond donors (Lipinski definition) is 2. The molecule has 0 aliphatic carbocycles. The zero-order valence-corrected chi connectivity index (χ0v) is 22.8. The summed E-state index contributed by atoms with van der Waals surface area (Å²) >= 11 is 0. The number of H-pyrrole nitrogens is 1. The van der Waals surface area contributed by atoms with Crippen LogP contribution in [-0.4, -0.2) is 50.0 Å². The van der Waals surface area contributed by atoms with Gasteiger partial charge < -0.3 is 20.4 Å². The van der Waals surface area contributed by atoms with Crippen molar-refractivity contribution >= 4 is 40.1 Å². The van der Waals surface area contributed by atoms with E-state index in [2.05, 4.69) is 10.1 Å². The van der Waals surface area contributed by atoms with Crippen molar-refractivity contribution in [3.05, 3.63) is 95.3 Å². The second-order valence-electron chi connectivity index (χ2n) is 10.5. The molecule has 0 spiro atoms. The molecular weight excluding hydrogens is 558 g/mol. The second-order valence-corrected chi connectivity index (χ2v) is 10.5. The summed E-state index contributed by atoms with van der Waals surface area (Å²) in [6.07, 6.45) is 2.62. The van der Waals surface area contributed by atoms with Crippen LogP contribution in [0.25, 0.3) is 16.6 Å². The number of rotatable bonds is 6. The van der Waals surface area contributed by atoms with Crippen LogP contribution in [0.15, 0.2) is 66.9 Å². The quantitative estimate of drug-likeness (QED) is 0.202. The summed E-state index contributed by atoms with van der Waals surface area (Å²) in [7, 11) is 0. The topological polar surface area (TPSA) is 127 Å². The summed E-state index contributed by atoms with van der Waals surface area (Å²) in [5.74, 6) is -1.59. The molecule has 0 unspecified atom stereocenters. The number of hydrogen-bond acceptors (Lipinski definition) is 6. The standard InChI is InChI=1S/C31H24F2N6O4/c1-16-11-18(43-27-7-3-2-5-20(27)32)8-9-24(16)39-29(34)19(15-35-39)28(40)23-13-17-12-21(33)26(14-22(17)36-23)38-30(41)25-6-4-10-37(25)31(38)42/h2-3,5,7-9,11-15,25,36H,4,6,10,34H2,1H3/t25-/m0/s1. The lowest BCUT2D eigenvalue weighted by Crippen LogP contribution is -2.33. The number of ketones is 1. The van der Waals surface area contributed by atoms with Crippen LogP contribution in [0.3, 0.4) is 0 Å². The molecule has 10 nitrogen and oxygen atoms in total. The molecule has 1 atom stereocenters. The van der Waals surface area contributed by atoms with Crippen LogP contribution >= 0.6 is 0 Å². The molecule has 0 bridgehead atoms. The third-order valence-electron chi connectivity index (χ3n) is 7.88. The predicted octanol–water partition coefficient (Wildman–Crippen LogP) is 5.48. The van der Waals surface area contributed by atoms with Crippen molar-refractivity contribution in [3.63, 3.8) is 0 Å². The van der Waals surface area contributed by atoms with Crippen molar-refractivity contribution in [2.75, 3.05) is 17.2 Å². The number of ether oxygens (including phenoxy) is 1. The Kier molecular flexibility index (Phi) is 6.01. The minimum atomic E-state index is -0.751. The minimum Gasteiger partial charge on any atom is -0.454 e. The van der Waals surface area contributed by atoms with E-state index in [1.165, 1.54) is 46.1 Å². The normalized spacial score (nSPS) is 16.4. The van der Waals surface area contributed by atoms with Gasteiger partial charge in [-0.1, -0.05) is 12.1 Å². The number of fused-ring (bicyclic) bond motifs is 2. The number of para-hydroxylation sites is 1. The number of imide groups is 1. The number of aromatic nitrogens is 3. The van der Waals surface area contributed by atoms with Crippen molar-refractivity contribution in [2.24, 2.45) is 0 Å². The molecule has 3 N–H and O–H groups in total. The molecule has 2 aliphatic heterocycles. The van der Waals surface area contributed by atoms with Gasteiger partial charge in [0.05, 0.1) is 28.8 Å². The van der Waals surface area contributed by atoms with Crippen LogP contribution in [0.5, 0.6) is 11.5 Å². The Bertz CT molecular complexity index is 1960. The monoisotopic (exact) mass is 582 g/mol. The zero-order chi connectivity index (χ0) is 30.0. The number of nitrogens with one attached hydrogen (secondary N) is 1. The first kappa shape index (κ1) is 26.4. The second kappa shape index (κ2) is 9.79. The molecule has 5 aromatic rings. The number of nitrogens with zero attached hydrogens (tertiary/aromatic N) is 4. The van der Waals surface area contributed by atoms with E-state index in [1.54, 1.807) is 37.3 Å². The van der Waals surface area contributed by atoms with Crippen molar-refractivity contribution in [2.45, 2.75) is 25.8 Å². The molecule has 3 aromatic carbocycles. The van der Waals surface area contributed by atoms with E-state index in [4.69, 9.17) is 10.5 Å². The molecule has 3 amide bonds. The van der Waals surface area contributed by atoms with Crippen molar-refractivity contribution < 1.29 is 27.9 Å². The van der Waals surface area contributed by atoms with Crippen molar-refractivity contribution in [1.29, 1.82) is 0 Å². The largest absolute Gasteiger partial charge is 0.454 e. The molecule has 2 aromatic heterocycles. The van der Waals surface area contributed by atoms with Crippen LogP contribution in [0.2, 0.25) is 0 Å². The molecule has 0 saturated carbocycles. The number of benzene rings is 3. The van der Waals surface area contributed by atoms with Gasteiger partial charge in [-0.2, -0.15) is 5.10 Å². The number of amides is 3. The van der Waals surface area contributed by atoms with Crippen molar-refractivity contribution in [3.8, 4) is 17.2 Å². The summed E-state index contributed by atoms with van der Waals surface area (Å²) in [6.45, 7) is 2.26. The van der Waals surface area contributed by atoms with E-state index in [0.29, 0.717) is 40.9 Å². The highest BCUT2D eigenvalue weighted by molar-refractivity contribution is 6.22. The molecule has 216 valence electrons. The molecule has 7 rings (SSSR count). The van der Waals surface area contributed by atoms with E-state index in [0.717, 1.165) is 11.3 Å². The minimum absolute atomic E-state index is 0.0789. The number of aromatic amines is 1. The molecule has 0 radical (unpaired) electrons. The van der Waals surface area contributed by atoms with Gasteiger partial charge in [0.15, 0.2) is 11.6 Å². The maximum atomic E-state index is 15.2. The van der Waals surface area contributed by atoms with Gasteiger partial charge in [-0.05, 0) is 73.9 Å². The summed E-state index contributed by atoms with van der Waals surface area (Å²) in [6, 6.07) is 14.0. The van der Waals surface area contributed by atoms with E-state index in [9.17, 15) is 18.8 Å². The molecule has 12 heteroatoms. The third-order valence-corrected chi connectivity index (χ3v) is 7.88. The maximum Gasteiger partial charge on any atom is 0.332 e. The van der Waals surface area contributed by atoms with Gasteiger partial charge in [0, 0.05) is 17.4 Å². The number of halogens is 2. The molecule has 2 fully saturated rings. The maximum absolute atomic E-state index is 15.2. The Balaban J connectivity index is 1.16. The summed E-state index contributed by atoms with van der Waals surface area (Å²) in [5.41, 5.74) is 8.11. The summed E-state index contributed by atoms with van der Waals surface area (Å²) in [5, 5.41) is 4.70. The average Bonchev–Trinajstić information content (AvgIpc) is 3.76. The highest BCUT2D eigenvalue weighted by Crippen LogP contribution is 2.35. The Morgan fingerprint density at radius 3 is 2.63 bits per heavy atom. The Morgan fingerprint density at radius 1 is 1.05 bits per heavy atom. The summed E-state index contributed by atoms with van der Waals surface area (Å²) in [4.78, 5) is 44.5. The highest BCUT2D eigenvalue weighted by atomic mass is 19.1. The van der Waals surface area contributed by atoms with E-state index in [-0.39, 0.29) is 28.5 Å². The fourth-order valence-electron chi connectivity index (χ4n) is 5.73. The lowest BCUT2D eigenvalue weighted by molar-refractivity contribution is -0.119. The SMILES string of the molecule is Cc1cc(Oc2ccccc2F)ccc1-n1ncc(C(=O)c2cc3cc(F)c(N4C(=O)[C@@H]5CCCN5C4=O)cc3[nH]2)c1N. The predicted molar refractivity (Wildman–Crippen MR) is 153 cm³/mol. The van der Waals surface area contributed by atoms with Crippen LogP contribution < -0.4 is 15.4 Å². The number of nitrogens with two attached hydrogens (primary N) is 1. The zero-order valence-electron chi connectivity index (χ0n) is 22.8. The first-order valence-corrected chi connectivity index (χ1v) is 13.6. The number of nitrogen functional groups attached to an aromatic ring is 1. The van der Waals surface area contributed by atoms with Gasteiger partial charge in [0.2, 0.25) is 5.78 Å². The van der Waals surface area contributed by atoms with Gasteiger partial charge in [-0.15, -0.1) is 0 Å². The van der Waals surface area contributed by atoms with Gasteiger partial charge in [-0.25, -0.2) is 23.2 Å². The van der Waals surface area contributed by atoms with Gasteiger partial charge in [0.1, 0.15) is 23.4 Å². The smallest absolute Gasteiger partial charge is 0.332 e. The first-order chi connectivity index (χ1) is 20.7. The molecule has 4 heterocycles. The molecule has 2 saturated heterocycles. The molecule has 43 heavy (non-hydrogen) atoms. The molecule has 2 aliphatic rings. The lowest BCUT2D eigenvalue weighted by Gasteiger charge is -2.16. The van der Waals surface area contributed by atoms with E-state index < -0.39 is 35.4 Å². The number of carbonyl (C=O) groups is 3. The number of carbonyl (C=O) groups excluding carboxylic acids is 3. The van der Waals surface area contributed by atoms with Crippen LogP contribution in [0, 0.1) is 18.6 Å². The van der Waals surface area contributed by atoms with Crippen molar-refractivity contribution in [1.82, 2.24) is 19.7 Å². The van der Waals surface area contributed by atoms with Crippen LogP contribution in [0.4, 0.5) is 25.1 Å². The van der Waals surface area contributed by atoms with Crippen LogP contribution in [-0.2, 0) is 4.79 Å². The number of urea groups is 1. The van der Waals surface area contributed by atoms with Crippen LogP contribution in [0.1, 0.15) is 34.5 Å². The Morgan fingerprint density at radius 2 is 1.86 bits per heavy atom. The lowest BCUT2D eigenvalue weighted by atomic mass is 10.1. The molecular formula is C31H24F2N6O4. The Hall–Kier alpha value is -5.52. The van der Waals surface area contributed by atoms with Gasteiger partial charge in [-0.3, -0.25) is 9.59 Å². The van der Waals surface area contributed by atoms with Gasteiger partial charge in [0.25, 0.3) is 5.91 Å². The third kappa shape index (κ3) is 4.21. The number of aryl methyl sites for hydroxylation is 1. The fourth-order valence-corrected chi connectivity index (χ4v) is 5.73. The van der Waals surface area contributed by atoms with Gasteiger partial charge >= 0.3 is 6.03 Å². The highest BCUT2D eigenvalue weighted by Gasteiger charge is 2.48. The fraction of sp³-hybridized carbons (Fsp3) is 0.161. The Labute approximate surface area is 243 Å². The number of anilines is 2. The van der Waals surface area contributed by atoms with E-state index in [1.807, 2.05) is 0 Å². The first-order valence-electron chi connectivity index (χ1n) is 13.6. The summed E-state index contributed by atoms with van der Waals surface area (Å²) < 4.78 is 36.2.